The molecule has 0 aliphatic heterocycles. The van der Waals surface area contributed by atoms with E-state index >= 15 is 0 Å². The van der Waals surface area contributed by atoms with Gasteiger partial charge in [-0.3, -0.25) is 0 Å². The highest BCUT2D eigenvalue weighted by Gasteiger charge is 2.12. The van der Waals surface area contributed by atoms with Gasteiger partial charge in [0.05, 0.1) is 0 Å². The van der Waals surface area contributed by atoms with Crippen LogP contribution < -0.4 is 10.1 Å². The lowest BCUT2D eigenvalue weighted by Crippen LogP contribution is -2.35. The summed E-state index contributed by atoms with van der Waals surface area (Å²) < 4.78 is 7.13. The number of ether oxygens (including phenoxy) is 1. The van der Waals surface area contributed by atoms with Crippen LogP contribution in [0, 0.1) is 6.92 Å². The Kier molecular flexibility index (Phi) is 5.65. The van der Waals surface area contributed by atoms with Crippen molar-refractivity contribution in [3.63, 3.8) is 0 Å². The molecule has 0 amide bonds. The van der Waals surface area contributed by atoms with Crippen molar-refractivity contribution in [1.29, 1.82) is 0 Å². The maximum atomic E-state index is 6.06. The molecule has 0 aromatic heterocycles. The fourth-order valence-electron chi connectivity index (χ4n) is 2.11. The first-order valence-corrected chi connectivity index (χ1v) is 8.35. The van der Waals surface area contributed by atoms with Gasteiger partial charge in [-0.15, -0.1) is 0 Å². The molecule has 0 saturated carbocycles. The average Bonchev–Trinajstić information content (AvgIpc) is 2.45. The molecule has 0 heterocycles. The van der Waals surface area contributed by atoms with E-state index in [9.17, 15) is 0 Å². The molecule has 118 valence electrons. The summed E-state index contributed by atoms with van der Waals surface area (Å²) in [6.45, 7) is 9.99. The van der Waals surface area contributed by atoms with Crippen LogP contribution in [0.3, 0.4) is 0 Å². The fraction of sp³-hybridized carbons (Fsp3) is 0.368. The normalized spacial score (nSPS) is 11.5. The van der Waals surface area contributed by atoms with Crippen molar-refractivity contribution in [2.24, 2.45) is 0 Å². The summed E-state index contributed by atoms with van der Waals surface area (Å²) in [5.74, 6) is 0.934. The predicted molar refractivity (Wildman–Crippen MR) is 96.2 cm³/mol. The van der Waals surface area contributed by atoms with Gasteiger partial charge >= 0.3 is 0 Å². The van der Waals surface area contributed by atoms with Gasteiger partial charge in [-0.25, -0.2) is 0 Å². The van der Waals surface area contributed by atoms with E-state index < -0.39 is 0 Å². The van der Waals surface area contributed by atoms with Crippen LogP contribution in [-0.4, -0.2) is 5.54 Å². The minimum absolute atomic E-state index is 0.0790. The van der Waals surface area contributed by atoms with Gasteiger partial charge in [0.2, 0.25) is 0 Å². The van der Waals surface area contributed by atoms with Crippen LogP contribution in [0.2, 0.25) is 0 Å². The lowest BCUT2D eigenvalue weighted by atomic mass is 10.1. The number of hydrogen-bond acceptors (Lipinski definition) is 2. The topological polar surface area (TPSA) is 21.3 Å². The molecule has 2 aromatic carbocycles. The zero-order chi connectivity index (χ0) is 16.2. The van der Waals surface area contributed by atoms with Gasteiger partial charge in [-0.2, -0.15) is 0 Å². The Balaban J connectivity index is 2.11. The molecule has 0 aliphatic carbocycles. The van der Waals surface area contributed by atoms with E-state index in [4.69, 9.17) is 4.74 Å². The summed E-state index contributed by atoms with van der Waals surface area (Å²) in [7, 11) is 0. The molecule has 2 nitrogen and oxygen atoms in total. The first-order valence-electron chi connectivity index (χ1n) is 7.56. The second kappa shape index (κ2) is 7.30. The lowest BCUT2D eigenvalue weighted by molar-refractivity contribution is 0.299. The van der Waals surface area contributed by atoms with Crippen molar-refractivity contribution < 1.29 is 4.74 Å². The molecule has 0 radical (unpaired) electrons. The molecule has 3 heteroatoms. The average molecular weight is 362 g/mol. The quantitative estimate of drug-likeness (QED) is 0.787. The molecule has 0 unspecified atom stereocenters. The standard InChI is InChI=1S/C19H24BrNO/c1-14-7-5-6-8-15(14)13-22-18-10-9-17(20)11-16(18)12-21-19(2,3)4/h5-11,21H,12-13H2,1-4H3. The fourth-order valence-corrected chi connectivity index (χ4v) is 2.52. The second-order valence-corrected chi connectivity index (χ2v) is 7.49. The van der Waals surface area contributed by atoms with Crippen LogP contribution in [0.5, 0.6) is 5.75 Å². The summed E-state index contributed by atoms with van der Waals surface area (Å²) in [4.78, 5) is 0. The Morgan fingerprint density at radius 2 is 1.77 bits per heavy atom. The third-order valence-electron chi connectivity index (χ3n) is 3.48. The number of benzene rings is 2. The lowest BCUT2D eigenvalue weighted by Gasteiger charge is -2.22. The van der Waals surface area contributed by atoms with Crippen LogP contribution in [0.1, 0.15) is 37.5 Å². The first kappa shape index (κ1) is 17.0. The number of hydrogen-bond donors (Lipinski definition) is 1. The van der Waals surface area contributed by atoms with Gasteiger partial charge in [-0.1, -0.05) is 40.2 Å². The van der Waals surface area contributed by atoms with E-state index in [0.29, 0.717) is 6.61 Å². The SMILES string of the molecule is Cc1ccccc1COc1ccc(Br)cc1CNC(C)(C)C. The minimum atomic E-state index is 0.0790. The third kappa shape index (κ3) is 5.15. The molecule has 22 heavy (non-hydrogen) atoms. The molecule has 1 N–H and O–H groups in total. The predicted octanol–water partition coefficient (Wildman–Crippen LogP) is 5.22. The number of halogens is 1. The van der Waals surface area contributed by atoms with E-state index in [-0.39, 0.29) is 5.54 Å². The molecular formula is C19H24BrNO. The van der Waals surface area contributed by atoms with Gasteiger partial charge < -0.3 is 10.1 Å². The smallest absolute Gasteiger partial charge is 0.124 e. The van der Waals surface area contributed by atoms with Gasteiger partial charge in [0.15, 0.2) is 0 Å². The highest BCUT2D eigenvalue weighted by atomic mass is 79.9. The Hall–Kier alpha value is -1.32. The van der Waals surface area contributed by atoms with Crippen molar-refractivity contribution in [3.05, 3.63) is 63.6 Å². The molecule has 2 rings (SSSR count). The van der Waals surface area contributed by atoms with Crippen molar-refractivity contribution in [1.82, 2.24) is 5.32 Å². The summed E-state index contributed by atoms with van der Waals surface area (Å²) in [6, 6.07) is 14.5. The first-order chi connectivity index (χ1) is 10.3. The second-order valence-electron chi connectivity index (χ2n) is 6.57. The van der Waals surface area contributed by atoms with Crippen molar-refractivity contribution in [2.45, 2.75) is 46.4 Å². The molecule has 2 aromatic rings. The van der Waals surface area contributed by atoms with Crippen LogP contribution in [0.4, 0.5) is 0 Å². The summed E-state index contributed by atoms with van der Waals surface area (Å²) in [5.41, 5.74) is 3.72. The van der Waals surface area contributed by atoms with E-state index in [1.54, 1.807) is 0 Å². The summed E-state index contributed by atoms with van der Waals surface area (Å²) >= 11 is 3.54. The van der Waals surface area contributed by atoms with Crippen molar-refractivity contribution >= 4 is 15.9 Å². The molecule has 0 fully saturated rings. The van der Waals surface area contributed by atoms with Gasteiger partial charge in [0.1, 0.15) is 12.4 Å². The molecule has 0 spiro atoms. The molecular weight excluding hydrogens is 338 g/mol. The minimum Gasteiger partial charge on any atom is -0.489 e. The highest BCUT2D eigenvalue weighted by Crippen LogP contribution is 2.25. The van der Waals surface area contributed by atoms with Gasteiger partial charge in [0, 0.05) is 22.1 Å². The van der Waals surface area contributed by atoms with E-state index in [1.165, 1.54) is 11.1 Å². The van der Waals surface area contributed by atoms with Crippen molar-refractivity contribution in [2.75, 3.05) is 0 Å². The Morgan fingerprint density at radius 3 is 2.45 bits per heavy atom. The van der Waals surface area contributed by atoms with Crippen LogP contribution >= 0.6 is 15.9 Å². The van der Waals surface area contributed by atoms with Gasteiger partial charge in [-0.05, 0) is 57.0 Å². The zero-order valence-corrected chi connectivity index (χ0v) is 15.3. The largest absolute Gasteiger partial charge is 0.489 e. The number of rotatable bonds is 5. The Labute approximate surface area is 142 Å². The van der Waals surface area contributed by atoms with Crippen LogP contribution in [0.15, 0.2) is 46.9 Å². The molecule has 0 aliphatic rings. The maximum absolute atomic E-state index is 6.06. The zero-order valence-electron chi connectivity index (χ0n) is 13.7. The van der Waals surface area contributed by atoms with Gasteiger partial charge in [0.25, 0.3) is 0 Å². The van der Waals surface area contributed by atoms with E-state index in [0.717, 1.165) is 22.3 Å². The molecule has 0 bridgehead atoms. The van der Waals surface area contributed by atoms with E-state index in [1.807, 2.05) is 12.1 Å². The highest BCUT2D eigenvalue weighted by molar-refractivity contribution is 9.10. The van der Waals surface area contributed by atoms with E-state index in [2.05, 4.69) is 79.3 Å². The molecule has 0 atom stereocenters. The van der Waals surface area contributed by atoms with Crippen molar-refractivity contribution in [3.8, 4) is 5.75 Å². The third-order valence-corrected chi connectivity index (χ3v) is 3.97. The maximum Gasteiger partial charge on any atom is 0.124 e. The Morgan fingerprint density at radius 1 is 1.05 bits per heavy atom. The summed E-state index contributed by atoms with van der Waals surface area (Å²) in [6.07, 6.45) is 0. The van der Waals surface area contributed by atoms with Crippen LogP contribution in [0.25, 0.3) is 0 Å². The van der Waals surface area contributed by atoms with Crippen LogP contribution in [-0.2, 0) is 13.2 Å². The Bertz CT molecular complexity index is 632. The summed E-state index contributed by atoms with van der Waals surface area (Å²) in [5, 5.41) is 3.51. The monoisotopic (exact) mass is 361 g/mol. The molecule has 0 saturated heterocycles. The number of aryl methyl sites for hydroxylation is 1. The number of nitrogens with one attached hydrogen (secondary N) is 1.